The zero-order valence-electron chi connectivity index (χ0n) is 13.9. The second kappa shape index (κ2) is 6.05. The molecule has 0 bridgehead atoms. The van der Waals surface area contributed by atoms with E-state index in [2.05, 4.69) is 32.5 Å². The monoisotopic (exact) mass is 312 g/mol. The van der Waals surface area contributed by atoms with Gasteiger partial charge in [-0.3, -0.25) is 0 Å². The van der Waals surface area contributed by atoms with E-state index in [0.717, 1.165) is 13.0 Å². The Bertz CT molecular complexity index is 362. The van der Waals surface area contributed by atoms with Crippen LogP contribution >= 0.6 is 11.8 Å². The van der Waals surface area contributed by atoms with Gasteiger partial charge in [0.1, 0.15) is 0 Å². The maximum Gasteiger partial charge on any atom is 0.0783 e. The van der Waals surface area contributed by atoms with Crippen molar-refractivity contribution in [2.24, 2.45) is 23.2 Å². The number of thioether (sulfide) groups is 1. The van der Waals surface area contributed by atoms with Crippen molar-refractivity contribution in [2.45, 2.75) is 71.0 Å². The summed E-state index contributed by atoms with van der Waals surface area (Å²) in [5, 5.41) is 10.6. The summed E-state index contributed by atoms with van der Waals surface area (Å²) in [5.41, 5.74) is 0.404. The van der Waals surface area contributed by atoms with Crippen molar-refractivity contribution in [3.05, 3.63) is 0 Å². The molecule has 5 atom stereocenters. The van der Waals surface area contributed by atoms with Crippen LogP contribution in [-0.4, -0.2) is 34.9 Å². The molecule has 122 valence electrons. The molecule has 1 spiro atoms. The van der Waals surface area contributed by atoms with Gasteiger partial charge in [-0.25, -0.2) is 0 Å². The van der Waals surface area contributed by atoms with Crippen LogP contribution in [-0.2, 0) is 4.74 Å². The van der Waals surface area contributed by atoms with Gasteiger partial charge < -0.3 is 9.84 Å². The average molecular weight is 313 g/mol. The Kier molecular flexibility index (Phi) is 4.65. The van der Waals surface area contributed by atoms with E-state index in [1.54, 1.807) is 0 Å². The summed E-state index contributed by atoms with van der Waals surface area (Å²) in [6.45, 7) is 8.05. The van der Waals surface area contributed by atoms with Gasteiger partial charge in [-0.05, 0) is 61.0 Å². The van der Waals surface area contributed by atoms with E-state index in [1.807, 2.05) is 0 Å². The molecule has 2 heterocycles. The average Bonchev–Trinajstić information content (AvgIpc) is 2.86. The molecule has 3 fully saturated rings. The molecular formula is C18H32O2S. The van der Waals surface area contributed by atoms with Gasteiger partial charge in [-0.15, -0.1) is 0 Å². The van der Waals surface area contributed by atoms with Crippen LogP contribution in [0.25, 0.3) is 0 Å². The van der Waals surface area contributed by atoms with E-state index in [1.165, 1.54) is 43.6 Å². The lowest BCUT2D eigenvalue weighted by Crippen LogP contribution is -2.49. The first-order chi connectivity index (χ1) is 9.93. The molecule has 1 aliphatic carbocycles. The van der Waals surface area contributed by atoms with E-state index in [4.69, 9.17) is 4.74 Å². The highest BCUT2D eigenvalue weighted by molar-refractivity contribution is 7.99. The van der Waals surface area contributed by atoms with Crippen molar-refractivity contribution in [3.63, 3.8) is 0 Å². The van der Waals surface area contributed by atoms with Gasteiger partial charge in [0, 0.05) is 12.4 Å². The van der Waals surface area contributed by atoms with Crippen LogP contribution in [0.5, 0.6) is 0 Å². The third kappa shape index (κ3) is 3.16. The Balaban J connectivity index is 1.71. The molecule has 1 saturated carbocycles. The third-order valence-corrected chi connectivity index (χ3v) is 7.87. The quantitative estimate of drug-likeness (QED) is 0.832. The summed E-state index contributed by atoms with van der Waals surface area (Å²) in [6, 6.07) is 0. The van der Waals surface area contributed by atoms with Crippen molar-refractivity contribution in [1.82, 2.24) is 0 Å². The van der Waals surface area contributed by atoms with Crippen LogP contribution in [0.3, 0.4) is 0 Å². The number of aliphatic hydroxyl groups excluding tert-OH is 1. The predicted molar refractivity (Wildman–Crippen MR) is 89.6 cm³/mol. The molecule has 2 saturated heterocycles. The first kappa shape index (κ1) is 16.1. The van der Waals surface area contributed by atoms with Gasteiger partial charge in [0.2, 0.25) is 0 Å². The maximum absolute atomic E-state index is 10.6. The van der Waals surface area contributed by atoms with Crippen LogP contribution in [0.4, 0.5) is 0 Å². The topological polar surface area (TPSA) is 29.5 Å². The highest BCUT2D eigenvalue weighted by Gasteiger charge is 2.48. The summed E-state index contributed by atoms with van der Waals surface area (Å²) in [6.07, 6.45) is 7.01. The summed E-state index contributed by atoms with van der Waals surface area (Å²) < 4.78 is 6.20. The Morgan fingerprint density at radius 3 is 2.71 bits per heavy atom. The fourth-order valence-electron chi connectivity index (χ4n) is 5.05. The minimum absolute atomic E-state index is 0.0968. The first-order valence-corrected chi connectivity index (χ1v) is 9.98. The molecule has 21 heavy (non-hydrogen) atoms. The van der Waals surface area contributed by atoms with Gasteiger partial charge in [-0.2, -0.15) is 11.8 Å². The fourth-order valence-corrected chi connectivity index (χ4v) is 6.43. The van der Waals surface area contributed by atoms with Crippen LogP contribution in [0.15, 0.2) is 0 Å². The molecule has 0 aromatic heterocycles. The van der Waals surface area contributed by atoms with Crippen LogP contribution in [0.2, 0.25) is 0 Å². The van der Waals surface area contributed by atoms with Gasteiger partial charge in [-0.1, -0.05) is 27.2 Å². The molecule has 0 aromatic rings. The van der Waals surface area contributed by atoms with Crippen molar-refractivity contribution in [2.75, 3.05) is 18.1 Å². The molecule has 1 N–H and O–H groups in total. The minimum Gasteiger partial charge on any atom is -0.393 e. The standard InChI is InChI=1S/C18H32O2S/c1-13-4-5-15(16(19)10-13)17(2,3)14-6-8-20-18(11-14)7-9-21-12-18/h13-16,19H,4-12H2,1-3H3. The molecule has 0 radical (unpaired) electrons. The maximum atomic E-state index is 10.6. The largest absolute Gasteiger partial charge is 0.393 e. The molecule has 2 aliphatic heterocycles. The molecule has 3 rings (SSSR count). The number of hydrogen-bond donors (Lipinski definition) is 1. The van der Waals surface area contributed by atoms with Crippen LogP contribution < -0.4 is 0 Å². The van der Waals surface area contributed by atoms with E-state index < -0.39 is 0 Å². The Morgan fingerprint density at radius 2 is 2.05 bits per heavy atom. The third-order valence-electron chi connectivity index (χ3n) is 6.65. The molecule has 0 amide bonds. The van der Waals surface area contributed by atoms with E-state index in [-0.39, 0.29) is 17.1 Å². The van der Waals surface area contributed by atoms with Crippen LogP contribution in [0, 0.1) is 23.2 Å². The van der Waals surface area contributed by atoms with Gasteiger partial charge in [0.15, 0.2) is 0 Å². The molecule has 0 aromatic carbocycles. The molecule has 3 aliphatic rings. The van der Waals surface area contributed by atoms with Gasteiger partial charge in [0.25, 0.3) is 0 Å². The van der Waals surface area contributed by atoms with E-state index >= 15 is 0 Å². The second-order valence-electron chi connectivity index (χ2n) is 8.44. The van der Waals surface area contributed by atoms with E-state index in [0.29, 0.717) is 17.8 Å². The Labute approximate surface area is 134 Å². The zero-order chi connectivity index (χ0) is 15.1. The highest BCUT2D eigenvalue weighted by atomic mass is 32.2. The molecule has 3 heteroatoms. The number of aliphatic hydroxyl groups is 1. The second-order valence-corrected chi connectivity index (χ2v) is 9.54. The normalized spacial score (nSPS) is 45.1. The van der Waals surface area contributed by atoms with Crippen molar-refractivity contribution < 1.29 is 9.84 Å². The zero-order valence-corrected chi connectivity index (χ0v) is 14.8. The van der Waals surface area contributed by atoms with Crippen molar-refractivity contribution in [1.29, 1.82) is 0 Å². The number of rotatable bonds is 2. The van der Waals surface area contributed by atoms with Gasteiger partial charge >= 0.3 is 0 Å². The summed E-state index contributed by atoms with van der Waals surface area (Å²) in [7, 11) is 0. The lowest BCUT2D eigenvalue weighted by atomic mass is 9.59. The van der Waals surface area contributed by atoms with Crippen molar-refractivity contribution in [3.8, 4) is 0 Å². The van der Waals surface area contributed by atoms with Crippen LogP contribution in [0.1, 0.15) is 59.3 Å². The van der Waals surface area contributed by atoms with Gasteiger partial charge in [0.05, 0.1) is 11.7 Å². The Hall–Kier alpha value is 0.270. The first-order valence-electron chi connectivity index (χ1n) is 8.83. The summed E-state index contributed by atoms with van der Waals surface area (Å²) >= 11 is 2.05. The number of hydrogen-bond acceptors (Lipinski definition) is 3. The Morgan fingerprint density at radius 1 is 1.24 bits per heavy atom. The predicted octanol–water partition coefficient (Wildman–Crippen LogP) is 4.11. The lowest BCUT2D eigenvalue weighted by molar-refractivity contribution is -0.125. The lowest BCUT2D eigenvalue weighted by Gasteiger charge is -2.50. The minimum atomic E-state index is -0.0968. The molecule has 2 nitrogen and oxygen atoms in total. The number of ether oxygens (including phenoxy) is 1. The molecular weight excluding hydrogens is 280 g/mol. The summed E-state index contributed by atoms with van der Waals surface area (Å²) in [4.78, 5) is 0. The van der Waals surface area contributed by atoms with Crippen molar-refractivity contribution >= 4 is 11.8 Å². The summed E-state index contributed by atoms with van der Waals surface area (Å²) in [5.74, 6) is 4.32. The van der Waals surface area contributed by atoms with E-state index in [9.17, 15) is 5.11 Å². The molecule has 5 unspecified atom stereocenters. The fraction of sp³-hybridized carbons (Fsp3) is 1.00. The smallest absolute Gasteiger partial charge is 0.0783 e. The highest BCUT2D eigenvalue weighted by Crippen LogP contribution is 2.51. The SMILES string of the molecule is CC1CCC(C(C)(C)C2CCOC3(CCSC3)C2)C(O)C1.